The maximum absolute atomic E-state index is 11.5. The van der Waals surface area contributed by atoms with Crippen LogP contribution in [0.25, 0.3) is 0 Å². The number of carbonyl (C=O) groups is 2. The Kier molecular flexibility index (Phi) is 8.43. The van der Waals surface area contributed by atoms with E-state index in [2.05, 4.69) is 5.32 Å². The molecular weight excluding hydrogens is 244 g/mol. The first kappa shape index (κ1) is 15.9. The Balaban J connectivity index is 4.04. The number of carbonyl (C=O) groups excluding carboxylic acids is 2. The maximum Gasteiger partial charge on any atom is 0.303 e. The summed E-state index contributed by atoms with van der Waals surface area (Å²) in [5.74, 6) is -0.719. The fraction of sp³-hybridized carbons (Fsp3) is 0.700. The number of nitrogens with two attached hydrogens (primary N) is 1. The first-order valence-electron chi connectivity index (χ1n) is 5.15. The zero-order valence-corrected chi connectivity index (χ0v) is 10.5. The number of rotatable bonds is 9. The third-order valence-electron chi connectivity index (χ3n) is 2.08. The summed E-state index contributed by atoms with van der Waals surface area (Å²) < 4.78 is 0. The van der Waals surface area contributed by atoms with Crippen molar-refractivity contribution in [2.24, 2.45) is 5.73 Å². The van der Waals surface area contributed by atoms with Gasteiger partial charge in [-0.05, 0) is 24.9 Å². The molecule has 0 aliphatic rings. The van der Waals surface area contributed by atoms with E-state index in [1.165, 1.54) is 0 Å². The van der Waals surface area contributed by atoms with Gasteiger partial charge in [0.25, 0.3) is 0 Å². The minimum Gasteiger partial charge on any atom is -0.481 e. The highest BCUT2D eigenvalue weighted by molar-refractivity contribution is 7.98. The van der Waals surface area contributed by atoms with Crippen LogP contribution in [-0.2, 0) is 14.4 Å². The summed E-state index contributed by atoms with van der Waals surface area (Å²) in [6, 6.07) is -1.58. The van der Waals surface area contributed by atoms with Crippen LogP contribution >= 0.6 is 11.8 Å². The second-order valence-electron chi connectivity index (χ2n) is 3.50. The Morgan fingerprint density at radius 3 is 2.59 bits per heavy atom. The molecule has 17 heavy (non-hydrogen) atoms. The molecule has 0 bridgehead atoms. The van der Waals surface area contributed by atoms with Crippen molar-refractivity contribution < 1.29 is 19.5 Å². The Hall–Kier alpha value is -1.08. The number of thioether (sulfide) groups is 1. The van der Waals surface area contributed by atoms with Crippen molar-refractivity contribution in [2.45, 2.75) is 31.3 Å². The van der Waals surface area contributed by atoms with E-state index in [1.807, 2.05) is 6.26 Å². The summed E-state index contributed by atoms with van der Waals surface area (Å²) >= 11 is 1.57. The zero-order chi connectivity index (χ0) is 13.3. The van der Waals surface area contributed by atoms with Gasteiger partial charge in [-0.2, -0.15) is 11.8 Å². The minimum absolute atomic E-state index is 0.0276. The van der Waals surface area contributed by atoms with E-state index < -0.39 is 24.0 Å². The lowest BCUT2D eigenvalue weighted by Gasteiger charge is -2.15. The van der Waals surface area contributed by atoms with Gasteiger partial charge >= 0.3 is 5.97 Å². The average Bonchev–Trinajstić information content (AvgIpc) is 2.30. The van der Waals surface area contributed by atoms with Gasteiger partial charge < -0.3 is 16.2 Å². The lowest BCUT2D eigenvalue weighted by atomic mass is 10.1. The number of amides is 1. The summed E-state index contributed by atoms with van der Waals surface area (Å²) in [5.41, 5.74) is 5.59. The van der Waals surface area contributed by atoms with Crippen LogP contribution in [0.4, 0.5) is 0 Å². The molecule has 6 nitrogen and oxygen atoms in total. The van der Waals surface area contributed by atoms with Crippen molar-refractivity contribution in [3.63, 3.8) is 0 Å². The molecule has 0 aromatic carbocycles. The van der Waals surface area contributed by atoms with Crippen LogP contribution in [0.2, 0.25) is 0 Å². The highest BCUT2D eigenvalue weighted by atomic mass is 32.2. The number of aliphatic carboxylic acids is 1. The van der Waals surface area contributed by atoms with E-state index >= 15 is 0 Å². The second kappa shape index (κ2) is 9.00. The highest BCUT2D eigenvalue weighted by Gasteiger charge is 2.18. The number of nitrogens with one attached hydrogen (secondary N) is 1. The van der Waals surface area contributed by atoms with Crippen molar-refractivity contribution in [3.8, 4) is 0 Å². The molecule has 0 rings (SSSR count). The third kappa shape index (κ3) is 7.76. The van der Waals surface area contributed by atoms with Gasteiger partial charge in [0.05, 0.1) is 12.1 Å². The fourth-order valence-corrected chi connectivity index (χ4v) is 1.57. The minimum atomic E-state index is -1.02. The smallest absolute Gasteiger partial charge is 0.303 e. The molecule has 97 valence electrons. The van der Waals surface area contributed by atoms with Crippen LogP contribution in [-0.4, -0.2) is 47.4 Å². The standard InChI is InChI=1S/C10H17N2O4S/c1-17-5-4-8(11)10(16)12-7(6-13)2-3-9(14)15/h7-8H,2-5,11H2,1H3,(H,12,16)(H,14,15)/t7-,8-/m0/s1. The van der Waals surface area contributed by atoms with Crippen LogP contribution < -0.4 is 11.1 Å². The molecular formula is C10H17N2O4S. The van der Waals surface area contributed by atoms with Crippen LogP contribution in [0.15, 0.2) is 0 Å². The highest BCUT2D eigenvalue weighted by Crippen LogP contribution is 2.00. The van der Waals surface area contributed by atoms with Crippen LogP contribution in [0.3, 0.4) is 0 Å². The van der Waals surface area contributed by atoms with Gasteiger partial charge in [-0.15, -0.1) is 0 Å². The molecule has 0 aliphatic heterocycles. The van der Waals surface area contributed by atoms with Gasteiger partial charge in [0.1, 0.15) is 0 Å². The number of hydrogen-bond donors (Lipinski definition) is 3. The van der Waals surface area contributed by atoms with Crippen molar-refractivity contribution >= 4 is 29.9 Å². The van der Waals surface area contributed by atoms with Crippen LogP contribution in [0, 0.1) is 0 Å². The summed E-state index contributed by atoms with van der Waals surface area (Å²) in [6.07, 6.45) is 3.84. The maximum atomic E-state index is 11.5. The fourth-order valence-electron chi connectivity index (χ4n) is 1.08. The van der Waals surface area contributed by atoms with Gasteiger partial charge in [0.15, 0.2) is 0 Å². The Labute approximate surface area is 104 Å². The largest absolute Gasteiger partial charge is 0.481 e. The molecule has 0 heterocycles. The topological polar surface area (TPSA) is 109 Å². The third-order valence-corrected chi connectivity index (χ3v) is 2.72. The number of carboxylic acid groups (broad SMARTS) is 1. The van der Waals surface area contributed by atoms with Gasteiger partial charge in [0, 0.05) is 6.42 Å². The predicted octanol–water partition coefficient (Wildman–Crippen LogP) is -0.474. The van der Waals surface area contributed by atoms with Crippen molar-refractivity contribution in [1.29, 1.82) is 0 Å². The first-order chi connectivity index (χ1) is 8.01. The second-order valence-corrected chi connectivity index (χ2v) is 4.49. The Bertz CT molecular complexity index is 273. The summed E-state index contributed by atoms with van der Waals surface area (Å²) in [7, 11) is 0. The summed E-state index contributed by atoms with van der Waals surface area (Å²) in [4.78, 5) is 32.3. The molecule has 0 aromatic rings. The molecule has 7 heteroatoms. The number of carboxylic acids is 1. The van der Waals surface area contributed by atoms with E-state index in [1.54, 1.807) is 18.0 Å². The molecule has 0 saturated carbocycles. The monoisotopic (exact) mass is 261 g/mol. The Morgan fingerprint density at radius 2 is 2.12 bits per heavy atom. The predicted molar refractivity (Wildman–Crippen MR) is 65.5 cm³/mol. The van der Waals surface area contributed by atoms with Gasteiger partial charge in [-0.3, -0.25) is 14.4 Å². The van der Waals surface area contributed by atoms with E-state index in [4.69, 9.17) is 10.8 Å². The van der Waals surface area contributed by atoms with Crippen LogP contribution in [0.1, 0.15) is 19.3 Å². The first-order valence-corrected chi connectivity index (χ1v) is 6.55. The summed E-state index contributed by atoms with van der Waals surface area (Å²) in [5, 5.41) is 10.8. The van der Waals surface area contributed by atoms with E-state index in [0.717, 1.165) is 5.75 Å². The molecule has 1 amide bonds. The molecule has 1 radical (unpaired) electrons. The zero-order valence-electron chi connectivity index (χ0n) is 9.64. The lowest BCUT2D eigenvalue weighted by molar-refractivity contribution is -0.137. The number of hydrogen-bond acceptors (Lipinski definition) is 5. The Morgan fingerprint density at radius 1 is 1.47 bits per heavy atom. The van der Waals surface area contributed by atoms with Gasteiger partial charge in [0.2, 0.25) is 12.2 Å². The molecule has 0 aliphatic carbocycles. The lowest BCUT2D eigenvalue weighted by Crippen LogP contribution is -2.46. The quantitative estimate of drug-likeness (QED) is 0.517. The molecule has 0 spiro atoms. The van der Waals surface area contributed by atoms with Gasteiger partial charge in [-0.1, -0.05) is 0 Å². The van der Waals surface area contributed by atoms with Crippen molar-refractivity contribution in [3.05, 3.63) is 0 Å². The molecule has 0 saturated heterocycles. The van der Waals surface area contributed by atoms with E-state index in [0.29, 0.717) is 6.42 Å². The average molecular weight is 261 g/mol. The van der Waals surface area contributed by atoms with E-state index in [9.17, 15) is 14.4 Å². The molecule has 0 fully saturated rings. The molecule has 0 unspecified atom stereocenters. The summed E-state index contributed by atoms with van der Waals surface area (Å²) in [6.45, 7) is 0. The van der Waals surface area contributed by atoms with Crippen molar-refractivity contribution in [1.82, 2.24) is 5.32 Å². The molecule has 2 atom stereocenters. The van der Waals surface area contributed by atoms with Gasteiger partial charge in [-0.25, -0.2) is 0 Å². The van der Waals surface area contributed by atoms with Crippen LogP contribution in [0.5, 0.6) is 0 Å². The normalized spacial score (nSPS) is 13.8. The van der Waals surface area contributed by atoms with Crippen molar-refractivity contribution in [2.75, 3.05) is 12.0 Å². The SMILES string of the molecule is CSCC[C@H](N)C(=O)N[C@H]([C]=O)CCC(=O)O. The molecule has 0 aromatic heterocycles. The molecule has 4 N–H and O–H groups in total. The van der Waals surface area contributed by atoms with E-state index in [-0.39, 0.29) is 12.8 Å².